The van der Waals surface area contributed by atoms with Gasteiger partial charge in [-0.2, -0.15) is 0 Å². The Kier molecular flexibility index (Phi) is 6.08. The predicted octanol–water partition coefficient (Wildman–Crippen LogP) is 5.55. The van der Waals surface area contributed by atoms with Crippen molar-refractivity contribution in [2.24, 2.45) is 5.41 Å². The number of hydrogen-bond acceptors (Lipinski definition) is 6. The number of fused-ring (bicyclic) bond motifs is 1. The molecule has 1 aliphatic carbocycles. The lowest BCUT2D eigenvalue weighted by molar-refractivity contribution is -0.147. The highest BCUT2D eigenvalue weighted by Crippen LogP contribution is 2.36. The van der Waals surface area contributed by atoms with E-state index in [2.05, 4.69) is 20.6 Å². The molecule has 1 aromatic carbocycles. The third-order valence-corrected chi connectivity index (χ3v) is 5.94. The van der Waals surface area contributed by atoms with Gasteiger partial charge in [0.2, 0.25) is 0 Å². The minimum Gasteiger partial charge on any atom is -0.365 e. The fourth-order valence-electron chi connectivity index (χ4n) is 3.78. The molecule has 9 heteroatoms. The number of carbonyl (C=O) groups is 1. The highest BCUT2D eigenvalue weighted by atomic mass is 35.5. The molecule has 2 heterocycles. The smallest absolute Gasteiger partial charge is 0.335 e. The van der Waals surface area contributed by atoms with Crippen LogP contribution in [0.15, 0.2) is 24.5 Å². The number of benzene rings is 1. The van der Waals surface area contributed by atoms with Crippen molar-refractivity contribution in [2.75, 3.05) is 5.32 Å². The van der Waals surface area contributed by atoms with E-state index in [1.165, 1.54) is 12.8 Å². The monoisotopic (exact) mass is 461 g/mol. The van der Waals surface area contributed by atoms with Gasteiger partial charge in [0, 0.05) is 22.4 Å². The van der Waals surface area contributed by atoms with Gasteiger partial charge >= 0.3 is 5.97 Å². The molecule has 0 saturated heterocycles. The van der Waals surface area contributed by atoms with E-state index in [4.69, 9.17) is 28.0 Å². The van der Waals surface area contributed by atoms with E-state index in [0.29, 0.717) is 33.2 Å². The summed E-state index contributed by atoms with van der Waals surface area (Å²) in [4.78, 5) is 18.6. The first-order chi connectivity index (χ1) is 14.7. The van der Waals surface area contributed by atoms with Gasteiger partial charge < -0.3 is 10.2 Å². The number of nitrogens with zero attached hydrogens (tertiary/aromatic N) is 4. The van der Waals surface area contributed by atoms with Gasteiger partial charge in [0.1, 0.15) is 5.69 Å². The van der Waals surface area contributed by atoms with Crippen molar-refractivity contribution in [1.29, 1.82) is 0 Å². The van der Waals surface area contributed by atoms with E-state index in [1.807, 2.05) is 26.8 Å². The lowest BCUT2D eigenvalue weighted by Crippen LogP contribution is -2.24. The summed E-state index contributed by atoms with van der Waals surface area (Å²) >= 11 is 12.6. The number of rotatable bonds is 5. The van der Waals surface area contributed by atoms with Gasteiger partial charge in [-0.1, -0.05) is 61.7 Å². The number of anilines is 1. The first-order valence-electron chi connectivity index (χ1n) is 10.4. The second-order valence-electron chi connectivity index (χ2n) is 9.17. The zero-order chi connectivity index (χ0) is 22.2. The summed E-state index contributed by atoms with van der Waals surface area (Å²) in [5.74, 6) is 0.331. The van der Waals surface area contributed by atoms with Crippen LogP contribution in [-0.4, -0.2) is 32.2 Å². The Balaban J connectivity index is 1.67. The van der Waals surface area contributed by atoms with Crippen molar-refractivity contribution in [3.63, 3.8) is 0 Å². The highest BCUT2D eigenvalue weighted by Gasteiger charge is 2.21. The zero-order valence-electron chi connectivity index (χ0n) is 17.8. The molecule has 1 aliphatic rings. The Hall–Kier alpha value is -2.38. The van der Waals surface area contributed by atoms with E-state index >= 15 is 0 Å². The van der Waals surface area contributed by atoms with E-state index in [-0.39, 0.29) is 17.8 Å². The highest BCUT2D eigenvalue weighted by molar-refractivity contribution is 6.43. The summed E-state index contributed by atoms with van der Waals surface area (Å²) in [5, 5.41) is 19.0. The Morgan fingerprint density at radius 1 is 1.16 bits per heavy atom. The van der Waals surface area contributed by atoms with E-state index in [0.717, 1.165) is 28.5 Å². The summed E-state index contributed by atoms with van der Waals surface area (Å²) in [6.45, 7) is 5.92. The topological polar surface area (TPSA) is 81.9 Å². The number of hydrogen-bond donors (Lipinski definition) is 1. The second-order valence-corrected chi connectivity index (χ2v) is 9.98. The molecule has 0 bridgehead atoms. The average Bonchev–Trinajstić information content (AvgIpc) is 3.34. The van der Waals surface area contributed by atoms with Crippen LogP contribution in [0.5, 0.6) is 0 Å². The van der Waals surface area contributed by atoms with Crippen molar-refractivity contribution in [3.05, 3.63) is 34.6 Å². The summed E-state index contributed by atoms with van der Waals surface area (Å²) in [5.41, 5.74) is 1.07. The van der Waals surface area contributed by atoms with Crippen LogP contribution in [0, 0.1) is 5.41 Å². The summed E-state index contributed by atoms with van der Waals surface area (Å²) in [7, 11) is 0. The van der Waals surface area contributed by atoms with Crippen LogP contribution < -0.4 is 10.2 Å². The lowest BCUT2D eigenvalue weighted by Gasteiger charge is -2.16. The van der Waals surface area contributed by atoms with Gasteiger partial charge in [0.05, 0.1) is 28.9 Å². The number of carbonyl (C=O) groups excluding carboxylic acids is 1. The molecule has 1 saturated carbocycles. The van der Waals surface area contributed by atoms with Crippen LogP contribution in [0.25, 0.3) is 22.0 Å². The molecule has 0 aliphatic heterocycles. The molecular weight excluding hydrogens is 437 g/mol. The van der Waals surface area contributed by atoms with Gasteiger partial charge in [-0.05, 0) is 30.4 Å². The number of nitrogens with one attached hydrogen (secondary N) is 1. The van der Waals surface area contributed by atoms with Crippen molar-refractivity contribution in [2.45, 2.75) is 58.9 Å². The maximum Gasteiger partial charge on any atom is 0.335 e. The van der Waals surface area contributed by atoms with Crippen LogP contribution in [0.2, 0.25) is 10.0 Å². The molecular formula is C22H25Cl2N5O2. The van der Waals surface area contributed by atoms with Crippen molar-refractivity contribution < 1.29 is 9.63 Å². The van der Waals surface area contributed by atoms with Crippen LogP contribution in [0.4, 0.5) is 5.82 Å². The maximum atomic E-state index is 12.1. The third-order valence-electron chi connectivity index (χ3n) is 5.22. The molecule has 2 aromatic heterocycles. The number of aromatic nitrogens is 4. The molecule has 0 unspecified atom stereocenters. The summed E-state index contributed by atoms with van der Waals surface area (Å²) < 4.78 is 0. The zero-order valence-corrected chi connectivity index (χ0v) is 19.3. The van der Waals surface area contributed by atoms with Crippen molar-refractivity contribution in [1.82, 2.24) is 20.1 Å². The van der Waals surface area contributed by atoms with Crippen LogP contribution >= 0.6 is 23.2 Å². The molecule has 0 atom stereocenters. The Morgan fingerprint density at radius 3 is 2.52 bits per heavy atom. The predicted molar refractivity (Wildman–Crippen MR) is 122 cm³/mol. The van der Waals surface area contributed by atoms with E-state index in [9.17, 15) is 4.79 Å². The number of halogens is 2. The first kappa shape index (κ1) is 21.8. The fraction of sp³-hybridized carbons (Fsp3) is 0.455. The van der Waals surface area contributed by atoms with Gasteiger partial charge in [-0.15, -0.1) is 15.3 Å². The van der Waals surface area contributed by atoms with Gasteiger partial charge in [-0.25, -0.2) is 4.79 Å². The van der Waals surface area contributed by atoms with E-state index < -0.39 is 0 Å². The van der Waals surface area contributed by atoms with Crippen LogP contribution in [-0.2, 0) is 4.79 Å². The molecule has 4 rings (SSSR count). The molecule has 0 spiro atoms. The summed E-state index contributed by atoms with van der Waals surface area (Å²) in [6.07, 6.45) is 8.11. The van der Waals surface area contributed by atoms with Crippen LogP contribution in [0.1, 0.15) is 52.9 Å². The third kappa shape index (κ3) is 5.10. The minimum atomic E-state index is -0.357. The maximum absolute atomic E-state index is 12.1. The van der Waals surface area contributed by atoms with Gasteiger partial charge in [-0.3, -0.25) is 0 Å². The quantitative estimate of drug-likeness (QED) is 0.536. The summed E-state index contributed by atoms with van der Waals surface area (Å²) in [6, 6.07) is 3.97. The average molecular weight is 462 g/mol. The SMILES string of the molecule is CC(C)(C)CC(=O)On1cc(-c2nnc(NC3CCCC3)c3cc(Cl)c(Cl)cc23)cn1. The molecule has 164 valence electrons. The standard InChI is InChI=1S/C22H25Cl2N5O2/c1-22(2,3)10-19(30)31-29-12-13(11-25-29)20-15-8-17(23)18(24)9-16(15)21(28-27-20)26-14-6-4-5-7-14/h8-9,11-12,14H,4-7,10H2,1-3H3,(H,26,28). The normalized spacial score (nSPS) is 14.9. The fourth-order valence-corrected chi connectivity index (χ4v) is 4.10. The Labute approximate surface area is 191 Å². The molecule has 7 nitrogen and oxygen atoms in total. The largest absolute Gasteiger partial charge is 0.365 e. The lowest BCUT2D eigenvalue weighted by atomic mass is 9.93. The van der Waals surface area contributed by atoms with Gasteiger partial charge in [0.25, 0.3) is 0 Å². The molecule has 0 radical (unpaired) electrons. The Bertz CT molecular complexity index is 1120. The van der Waals surface area contributed by atoms with Gasteiger partial charge in [0.15, 0.2) is 5.82 Å². The first-order valence-corrected chi connectivity index (χ1v) is 11.1. The van der Waals surface area contributed by atoms with Crippen LogP contribution in [0.3, 0.4) is 0 Å². The molecule has 0 amide bonds. The van der Waals surface area contributed by atoms with Crippen molar-refractivity contribution in [3.8, 4) is 11.3 Å². The molecule has 1 N–H and O–H groups in total. The molecule has 1 fully saturated rings. The molecule has 3 aromatic rings. The Morgan fingerprint density at radius 2 is 1.84 bits per heavy atom. The molecule has 31 heavy (non-hydrogen) atoms. The minimum absolute atomic E-state index is 0.174. The van der Waals surface area contributed by atoms with E-state index in [1.54, 1.807) is 18.5 Å². The van der Waals surface area contributed by atoms with Crippen molar-refractivity contribution >= 4 is 45.8 Å². The second kappa shape index (κ2) is 8.63.